The second-order valence-corrected chi connectivity index (χ2v) is 6.28. The fraction of sp³-hybridized carbons (Fsp3) is 0.438. The molecule has 2 aromatic rings. The normalized spacial score (nSPS) is 14.1. The molecule has 0 spiro atoms. The Labute approximate surface area is 124 Å². The van der Waals surface area contributed by atoms with E-state index in [9.17, 15) is 5.11 Å². The van der Waals surface area contributed by atoms with E-state index in [1.165, 1.54) is 6.21 Å². The molecule has 114 valence electrons. The van der Waals surface area contributed by atoms with Crippen molar-refractivity contribution in [2.75, 3.05) is 6.54 Å². The predicted molar refractivity (Wildman–Crippen MR) is 85.1 cm³/mol. The zero-order valence-electron chi connectivity index (χ0n) is 12.7. The van der Waals surface area contributed by atoms with Crippen LogP contribution in [0.25, 0.3) is 10.9 Å². The zero-order chi connectivity index (χ0) is 15.5. The van der Waals surface area contributed by atoms with Gasteiger partial charge in [0.05, 0.1) is 12.3 Å². The van der Waals surface area contributed by atoms with Gasteiger partial charge in [-0.1, -0.05) is 23.4 Å². The molecular weight excluding hydrogens is 266 g/mol. The molecule has 1 aromatic carbocycles. The number of nitrogens with zero attached hydrogens (tertiary/aromatic N) is 2. The molecule has 1 atom stereocenters. The maximum absolute atomic E-state index is 10.2. The molecular formula is C16H23N3O2. The first kappa shape index (κ1) is 15.5. The van der Waals surface area contributed by atoms with Gasteiger partial charge < -0.3 is 20.2 Å². The molecule has 0 saturated carbocycles. The van der Waals surface area contributed by atoms with Crippen LogP contribution in [-0.4, -0.2) is 39.3 Å². The molecule has 0 radical (unpaired) electrons. The topological polar surface area (TPSA) is 69.8 Å². The quantitative estimate of drug-likeness (QED) is 0.449. The van der Waals surface area contributed by atoms with Gasteiger partial charge in [0.1, 0.15) is 0 Å². The molecule has 0 saturated heterocycles. The summed E-state index contributed by atoms with van der Waals surface area (Å²) in [5.41, 5.74) is 1.83. The number of fused-ring (bicyclic) bond motifs is 1. The second kappa shape index (κ2) is 6.28. The number of para-hydroxylation sites is 1. The summed E-state index contributed by atoms with van der Waals surface area (Å²) in [6.07, 6.45) is 2.82. The molecule has 0 aliphatic carbocycles. The highest BCUT2D eigenvalue weighted by Crippen LogP contribution is 2.20. The van der Waals surface area contributed by atoms with Crippen LogP contribution < -0.4 is 5.32 Å². The highest BCUT2D eigenvalue weighted by Gasteiger charge is 2.14. The fourth-order valence-electron chi connectivity index (χ4n) is 2.31. The van der Waals surface area contributed by atoms with Crippen molar-refractivity contribution in [2.45, 2.75) is 39.0 Å². The van der Waals surface area contributed by atoms with Gasteiger partial charge in [-0.25, -0.2) is 0 Å². The van der Waals surface area contributed by atoms with Gasteiger partial charge in [-0.15, -0.1) is 0 Å². The number of aliphatic hydroxyl groups excluding tert-OH is 1. The zero-order valence-corrected chi connectivity index (χ0v) is 12.7. The summed E-state index contributed by atoms with van der Waals surface area (Å²) < 4.78 is 1.99. The number of β-amino-alcohol motifs (C(OH)–C–C–N with tert-alkyl or cyclic N) is 1. The summed E-state index contributed by atoms with van der Waals surface area (Å²) in [5, 5.41) is 26.3. The van der Waals surface area contributed by atoms with Crippen molar-refractivity contribution < 1.29 is 10.3 Å². The van der Waals surface area contributed by atoms with E-state index < -0.39 is 6.10 Å². The molecule has 1 heterocycles. The number of hydrogen-bond acceptors (Lipinski definition) is 4. The Morgan fingerprint density at radius 3 is 2.71 bits per heavy atom. The summed E-state index contributed by atoms with van der Waals surface area (Å²) in [7, 11) is 0. The van der Waals surface area contributed by atoms with E-state index in [-0.39, 0.29) is 5.54 Å². The summed E-state index contributed by atoms with van der Waals surface area (Å²) in [6, 6.07) is 7.87. The molecule has 5 heteroatoms. The Morgan fingerprint density at radius 2 is 2.05 bits per heavy atom. The summed E-state index contributed by atoms with van der Waals surface area (Å²) in [4.78, 5) is 0. The van der Waals surface area contributed by atoms with Crippen molar-refractivity contribution in [1.82, 2.24) is 9.88 Å². The average Bonchev–Trinajstić information content (AvgIpc) is 2.75. The van der Waals surface area contributed by atoms with Gasteiger partial charge >= 0.3 is 0 Å². The van der Waals surface area contributed by atoms with Gasteiger partial charge in [-0.2, -0.15) is 0 Å². The van der Waals surface area contributed by atoms with Crippen molar-refractivity contribution in [3.8, 4) is 0 Å². The van der Waals surface area contributed by atoms with Crippen LogP contribution in [0.2, 0.25) is 0 Å². The van der Waals surface area contributed by atoms with Crippen LogP contribution in [0.4, 0.5) is 0 Å². The van der Waals surface area contributed by atoms with E-state index >= 15 is 0 Å². The van der Waals surface area contributed by atoms with Crippen LogP contribution in [0.5, 0.6) is 0 Å². The lowest BCUT2D eigenvalue weighted by Crippen LogP contribution is -2.41. The molecule has 0 amide bonds. The standard InChI is InChI=1S/C16H23N3O2/c1-16(2,3)17-9-13(20)11-19-10-12(8-18-21)14-6-4-5-7-15(14)19/h4-8,10,13,17,20-21H,9,11H2,1-3H3/b18-8+/t13-/m0/s1. The van der Waals surface area contributed by atoms with Crippen molar-refractivity contribution in [1.29, 1.82) is 0 Å². The van der Waals surface area contributed by atoms with Crippen molar-refractivity contribution in [3.63, 3.8) is 0 Å². The monoisotopic (exact) mass is 289 g/mol. The fourth-order valence-corrected chi connectivity index (χ4v) is 2.31. The minimum atomic E-state index is -0.487. The molecule has 2 rings (SSSR count). The highest BCUT2D eigenvalue weighted by atomic mass is 16.4. The van der Waals surface area contributed by atoms with E-state index in [1.54, 1.807) is 0 Å². The van der Waals surface area contributed by atoms with E-state index in [1.807, 2.05) is 35.0 Å². The van der Waals surface area contributed by atoms with Crippen LogP contribution in [0, 0.1) is 0 Å². The molecule has 0 fully saturated rings. The number of benzene rings is 1. The Balaban J connectivity index is 2.18. The highest BCUT2D eigenvalue weighted by molar-refractivity contribution is 5.99. The SMILES string of the molecule is CC(C)(C)NC[C@H](O)Cn1cc(/C=N/O)c2ccccc21. The van der Waals surface area contributed by atoms with Gasteiger partial charge in [0, 0.05) is 41.3 Å². The van der Waals surface area contributed by atoms with Crippen molar-refractivity contribution in [2.24, 2.45) is 5.16 Å². The van der Waals surface area contributed by atoms with Gasteiger partial charge in [0.15, 0.2) is 0 Å². The number of rotatable bonds is 5. The first-order valence-electron chi connectivity index (χ1n) is 7.09. The van der Waals surface area contributed by atoms with Crippen LogP contribution in [0.1, 0.15) is 26.3 Å². The van der Waals surface area contributed by atoms with Crippen LogP contribution in [0.3, 0.4) is 0 Å². The van der Waals surface area contributed by atoms with Crippen LogP contribution >= 0.6 is 0 Å². The van der Waals surface area contributed by atoms with E-state index in [0.29, 0.717) is 13.1 Å². The minimum Gasteiger partial charge on any atom is -0.411 e. The summed E-state index contributed by atoms with van der Waals surface area (Å²) in [6.45, 7) is 7.23. The Hall–Kier alpha value is -1.85. The third kappa shape index (κ3) is 4.06. The summed E-state index contributed by atoms with van der Waals surface area (Å²) in [5.74, 6) is 0. The largest absolute Gasteiger partial charge is 0.411 e. The van der Waals surface area contributed by atoms with E-state index in [2.05, 4.69) is 31.2 Å². The van der Waals surface area contributed by atoms with Gasteiger partial charge in [0.25, 0.3) is 0 Å². The minimum absolute atomic E-state index is 0.0194. The number of aromatic nitrogens is 1. The molecule has 0 aliphatic rings. The maximum atomic E-state index is 10.2. The lowest BCUT2D eigenvalue weighted by Gasteiger charge is -2.23. The van der Waals surface area contributed by atoms with Gasteiger partial charge in [0.2, 0.25) is 0 Å². The molecule has 0 unspecified atom stereocenters. The third-order valence-electron chi connectivity index (χ3n) is 3.29. The first-order valence-corrected chi connectivity index (χ1v) is 7.09. The molecule has 5 nitrogen and oxygen atoms in total. The smallest absolute Gasteiger partial charge is 0.0843 e. The number of nitrogens with one attached hydrogen (secondary N) is 1. The molecule has 21 heavy (non-hydrogen) atoms. The van der Waals surface area contributed by atoms with E-state index in [4.69, 9.17) is 5.21 Å². The van der Waals surface area contributed by atoms with Crippen LogP contribution in [0.15, 0.2) is 35.6 Å². The molecule has 3 N–H and O–H groups in total. The summed E-state index contributed by atoms with van der Waals surface area (Å²) >= 11 is 0. The molecule has 1 aromatic heterocycles. The molecule has 0 bridgehead atoms. The second-order valence-electron chi connectivity index (χ2n) is 6.28. The van der Waals surface area contributed by atoms with Gasteiger partial charge in [-0.05, 0) is 26.8 Å². The number of hydrogen-bond donors (Lipinski definition) is 3. The predicted octanol–water partition coefficient (Wildman–Crippen LogP) is 2.20. The third-order valence-corrected chi connectivity index (χ3v) is 3.29. The Morgan fingerprint density at radius 1 is 1.33 bits per heavy atom. The maximum Gasteiger partial charge on any atom is 0.0843 e. The van der Waals surface area contributed by atoms with Crippen molar-refractivity contribution in [3.05, 3.63) is 36.0 Å². The first-order chi connectivity index (χ1) is 9.90. The van der Waals surface area contributed by atoms with Gasteiger partial charge in [-0.3, -0.25) is 0 Å². The number of aliphatic hydroxyl groups is 1. The number of oxime groups is 1. The Bertz CT molecular complexity index is 626. The Kier molecular flexibility index (Phi) is 4.65. The lowest BCUT2D eigenvalue weighted by atomic mass is 10.1. The molecule has 0 aliphatic heterocycles. The van der Waals surface area contributed by atoms with Crippen LogP contribution in [-0.2, 0) is 6.54 Å². The average molecular weight is 289 g/mol. The lowest BCUT2D eigenvalue weighted by molar-refractivity contribution is 0.143. The van der Waals surface area contributed by atoms with E-state index in [0.717, 1.165) is 16.5 Å². The van der Waals surface area contributed by atoms with Crippen molar-refractivity contribution >= 4 is 17.1 Å².